The van der Waals surface area contributed by atoms with Crippen molar-refractivity contribution in [3.05, 3.63) is 23.3 Å². The molecule has 0 amide bonds. The van der Waals surface area contributed by atoms with Crippen molar-refractivity contribution in [3.8, 4) is 0 Å². The highest BCUT2D eigenvalue weighted by Gasteiger charge is 2.22. The van der Waals surface area contributed by atoms with Crippen molar-refractivity contribution in [2.75, 3.05) is 6.54 Å². The molecule has 0 fully saturated rings. The minimum absolute atomic E-state index is 0.0599. The molecule has 0 aliphatic heterocycles. The predicted octanol–water partition coefficient (Wildman–Crippen LogP) is 0.220. The van der Waals surface area contributed by atoms with Crippen LogP contribution in [0.1, 0.15) is 22.9 Å². The Morgan fingerprint density at radius 2 is 2.00 bits per heavy atom. The SMILES string of the molecule is Cc1ncnc(C)c1C(CN)C(=O)O. The van der Waals surface area contributed by atoms with Crippen LogP contribution < -0.4 is 5.73 Å². The minimum Gasteiger partial charge on any atom is -0.481 e. The zero-order valence-electron chi connectivity index (χ0n) is 8.19. The maximum Gasteiger partial charge on any atom is 0.312 e. The van der Waals surface area contributed by atoms with Crippen molar-refractivity contribution >= 4 is 5.97 Å². The van der Waals surface area contributed by atoms with Gasteiger partial charge in [-0.3, -0.25) is 4.79 Å². The number of rotatable bonds is 3. The van der Waals surface area contributed by atoms with Gasteiger partial charge in [0.15, 0.2) is 0 Å². The fourth-order valence-corrected chi connectivity index (χ4v) is 1.45. The number of nitrogens with zero attached hydrogens (tertiary/aromatic N) is 2. The molecule has 1 aromatic rings. The Balaban J connectivity index is 3.22. The van der Waals surface area contributed by atoms with Crippen LogP contribution in [0, 0.1) is 13.8 Å². The summed E-state index contributed by atoms with van der Waals surface area (Å²) in [5.41, 5.74) is 7.39. The molecule has 1 rings (SSSR count). The molecule has 0 saturated carbocycles. The lowest BCUT2D eigenvalue weighted by molar-refractivity contribution is -0.138. The average Bonchev–Trinajstić information content (AvgIpc) is 2.10. The van der Waals surface area contributed by atoms with Crippen LogP contribution >= 0.6 is 0 Å². The van der Waals surface area contributed by atoms with E-state index < -0.39 is 11.9 Å². The van der Waals surface area contributed by atoms with Crippen LogP contribution in [0.2, 0.25) is 0 Å². The molecule has 1 heterocycles. The Hall–Kier alpha value is -1.49. The Morgan fingerprint density at radius 3 is 2.36 bits per heavy atom. The summed E-state index contributed by atoms with van der Waals surface area (Å²) in [6, 6.07) is 0. The monoisotopic (exact) mass is 195 g/mol. The first-order valence-electron chi connectivity index (χ1n) is 4.29. The minimum atomic E-state index is -0.937. The number of carboxylic acid groups (broad SMARTS) is 1. The molecule has 0 aromatic carbocycles. The van der Waals surface area contributed by atoms with Crippen molar-refractivity contribution in [2.45, 2.75) is 19.8 Å². The second-order valence-corrected chi connectivity index (χ2v) is 3.08. The molecule has 5 nitrogen and oxygen atoms in total. The second kappa shape index (κ2) is 4.15. The van der Waals surface area contributed by atoms with Crippen LogP contribution in [-0.4, -0.2) is 27.6 Å². The Morgan fingerprint density at radius 1 is 1.50 bits per heavy atom. The number of hydrogen-bond acceptors (Lipinski definition) is 4. The third kappa shape index (κ3) is 1.88. The van der Waals surface area contributed by atoms with E-state index in [0.29, 0.717) is 17.0 Å². The number of aliphatic carboxylic acids is 1. The number of aryl methyl sites for hydroxylation is 2. The fraction of sp³-hybridized carbons (Fsp3) is 0.444. The Kier molecular flexibility index (Phi) is 3.14. The van der Waals surface area contributed by atoms with Gasteiger partial charge in [-0.05, 0) is 13.8 Å². The average molecular weight is 195 g/mol. The molecule has 14 heavy (non-hydrogen) atoms. The van der Waals surface area contributed by atoms with Crippen LogP contribution in [0.15, 0.2) is 6.33 Å². The van der Waals surface area contributed by atoms with Gasteiger partial charge in [0.2, 0.25) is 0 Å². The maximum absolute atomic E-state index is 10.9. The van der Waals surface area contributed by atoms with Gasteiger partial charge in [0.25, 0.3) is 0 Å². The van der Waals surface area contributed by atoms with Gasteiger partial charge in [-0.2, -0.15) is 0 Å². The summed E-state index contributed by atoms with van der Waals surface area (Å²) in [6.45, 7) is 3.58. The molecule has 1 unspecified atom stereocenters. The smallest absolute Gasteiger partial charge is 0.312 e. The van der Waals surface area contributed by atoms with E-state index in [0.717, 1.165) is 0 Å². The van der Waals surface area contributed by atoms with E-state index in [4.69, 9.17) is 10.8 Å². The quantitative estimate of drug-likeness (QED) is 0.720. The molecule has 0 spiro atoms. The van der Waals surface area contributed by atoms with E-state index in [2.05, 4.69) is 9.97 Å². The molecule has 0 radical (unpaired) electrons. The van der Waals surface area contributed by atoms with Gasteiger partial charge in [0.1, 0.15) is 6.33 Å². The van der Waals surface area contributed by atoms with E-state index >= 15 is 0 Å². The predicted molar refractivity (Wildman–Crippen MR) is 50.9 cm³/mol. The van der Waals surface area contributed by atoms with Gasteiger partial charge in [-0.15, -0.1) is 0 Å². The van der Waals surface area contributed by atoms with Crippen LogP contribution in [0.5, 0.6) is 0 Å². The van der Waals surface area contributed by atoms with Crippen LogP contribution in [-0.2, 0) is 4.79 Å². The van der Waals surface area contributed by atoms with Crippen molar-refractivity contribution in [2.24, 2.45) is 5.73 Å². The zero-order valence-corrected chi connectivity index (χ0v) is 8.19. The van der Waals surface area contributed by atoms with Crippen molar-refractivity contribution in [1.82, 2.24) is 9.97 Å². The summed E-state index contributed by atoms with van der Waals surface area (Å²) in [7, 11) is 0. The second-order valence-electron chi connectivity index (χ2n) is 3.08. The standard InChI is InChI=1S/C9H13N3O2/c1-5-8(6(2)12-4-11-5)7(3-10)9(13)14/h4,7H,3,10H2,1-2H3,(H,13,14). The lowest BCUT2D eigenvalue weighted by Crippen LogP contribution is -2.23. The Labute approximate surface area is 82.0 Å². The third-order valence-corrected chi connectivity index (χ3v) is 2.16. The van der Waals surface area contributed by atoms with Crippen molar-refractivity contribution < 1.29 is 9.90 Å². The molecule has 3 N–H and O–H groups in total. The number of carbonyl (C=O) groups is 1. The molecule has 1 aromatic heterocycles. The topological polar surface area (TPSA) is 89.1 Å². The summed E-state index contributed by atoms with van der Waals surface area (Å²) < 4.78 is 0. The molecule has 0 saturated heterocycles. The highest BCUT2D eigenvalue weighted by atomic mass is 16.4. The maximum atomic E-state index is 10.9. The molecule has 0 bridgehead atoms. The first-order valence-corrected chi connectivity index (χ1v) is 4.29. The van der Waals surface area contributed by atoms with E-state index in [1.807, 2.05) is 0 Å². The largest absolute Gasteiger partial charge is 0.481 e. The molecule has 76 valence electrons. The van der Waals surface area contributed by atoms with Gasteiger partial charge in [-0.1, -0.05) is 0 Å². The summed E-state index contributed by atoms with van der Waals surface area (Å²) in [4.78, 5) is 18.8. The van der Waals surface area contributed by atoms with E-state index in [-0.39, 0.29) is 6.54 Å². The van der Waals surface area contributed by atoms with Gasteiger partial charge < -0.3 is 10.8 Å². The zero-order chi connectivity index (χ0) is 10.7. The fourth-order valence-electron chi connectivity index (χ4n) is 1.45. The van der Waals surface area contributed by atoms with Crippen LogP contribution in [0.4, 0.5) is 0 Å². The van der Waals surface area contributed by atoms with Crippen molar-refractivity contribution in [1.29, 1.82) is 0 Å². The highest BCUT2D eigenvalue weighted by Crippen LogP contribution is 2.19. The first kappa shape index (κ1) is 10.6. The number of hydrogen-bond donors (Lipinski definition) is 2. The van der Waals surface area contributed by atoms with Gasteiger partial charge in [-0.25, -0.2) is 9.97 Å². The molecular weight excluding hydrogens is 182 g/mol. The summed E-state index contributed by atoms with van der Waals surface area (Å²) in [6.07, 6.45) is 1.42. The highest BCUT2D eigenvalue weighted by molar-refractivity contribution is 5.77. The van der Waals surface area contributed by atoms with Gasteiger partial charge >= 0.3 is 5.97 Å². The summed E-state index contributed by atoms with van der Waals surface area (Å²) in [5.74, 6) is -1.65. The molecule has 0 aliphatic carbocycles. The summed E-state index contributed by atoms with van der Waals surface area (Å²) >= 11 is 0. The normalized spacial score (nSPS) is 12.5. The van der Waals surface area contributed by atoms with Crippen LogP contribution in [0.25, 0.3) is 0 Å². The van der Waals surface area contributed by atoms with Gasteiger partial charge in [0.05, 0.1) is 5.92 Å². The first-order chi connectivity index (χ1) is 6.57. The number of aromatic nitrogens is 2. The van der Waals surface area contributed by atoms with E-state index in [9.17, 15) is 4.79 Å². The summed E-state index contributed by atoms with van der Waals surface area (Å²) in [5, 5.41) is 8.94. The number of nitrogens with two attached hydrogens (primary N) is 1. The Bertz CT molecular complexity index is 332. The molecule has 5 heteroatoms. The van der Waals surface area contributed by atoms with Gasteiger partial charge in [0, 0.05) is 23.5 Å². The lowest BCUT2D eigenvalue weighted by Gasteiger charge is -2.13. The van der Waals surface area contributed by atoms with E-state index in [1.54, 1.807) is 13.8 Å². The molecular formula is C9H13N3O2. The van der Waals surface area contributed by atoms with E-state index in [1.165, 1.54) is 6.33 Å². The molecule has 1 atom stereocenters. The third-order valence-electron chi connectivity index (χ3n) is 2.16. The van der Waals surface area contributed by atoms with Crippen molar-refractivity contribution in [3.63, 3.8) is 0 Å². The molecule has 0 aliphatic rings. The van der Waals surface area contributed by atoms with Crippen LogP contribution in [0.3, 0.4) is 0 Å². The number of carboxylic acids is 1. The lowest BCUT2D eigenvalue weighted by atomic mass is 9.96.